The number of urea groups is 1. The van der Waals surface area contributed by atoms with Gasteiger partial charge in [0.1, 0.15) is 11.5 Å². The SMILES string of the molecule is CC(C)C1CN(C(=O)NC2CC(F)(F)C2)Cc2c(C(N)=O)c(-c3ccc(F)c(Cl)c3)nn21. The molecule has 7 nitrogen and oxygen atoms in total. The van der Waals surface area contributed by atoms with Crippen LogP contribution in [0, 0.1) is 11.7 Å². The molecule has 1 aliphatic carbocycles. The van der Waals surface area contributed by atoms with Crippen molar-refractivity contribution in [3.8, 4) is 11.3 Å². The first-order valence-electron chi connectivity index (χ1n) is 10.3. The molecule has 2 aliphatic rings. The fourth-order valence-corrected chi connectivity index (χ4v) is 4.41. The van der Waals surface area contributed by atoms with Gasteiger partial charge in [-0.1, -0.05) is 25.4 Å². The number of nitrogens with one attached hydrogen (secondary N) is 1. The van der Waals surface area contributed by atoms with E-state index in [0.29, 0.717) is 11.3 Å². The number of carbonyl (C=O) groups excluding carboxylic acids is 2. The van der Waals surface area contributed by atoms with Crippen molar-refractivity contribution in [1.29, 1.82) is 0 Å². The first-order valence-corrected chi connectivity index (χ1v) is 10.6. The molecule has 172 valence electrons. The number of nitrogens with zero attached hydrogens (tertiary/aromatic N) is 3. The molecular weight excluding hydrogens is 447 g/mol. The second-order valence-corrected chi connectivity index (χ2v) is 9.12. The summed E-state index contributed by atoms with van der Waals surface area (Å²) in [6, 6.07) is 2.64. The van der Waals surface area contributed by atoms with Crippen molar-refractivity contribution in [2.45, 2.75) is 51.2 Å². The average molecular weight is 470 g/mol. The minimum Gasteiger partial charge on any atom is -0.365 e. The van der Waals surface area contributed by atoms with Crippen molar-refractivity contribution >= 4 is 23.5 Å². The van der Waals surface area contributed by atoms with E-state index in [9.17, 15) is 22.8 Å². The van der Waals surface area contributed by atoms with E-state index in [-0.39, 0.29) is 54.2 Å². The van der Waals surface area contributed by atoms with Gasteiger partial charge in [0.15, 0.2) is 0 Å². The van der Waals surface area contributed by atoms with E-state index in [1.807, 2.05) is 13.8 Å². The fourth-order valence-electron chi connectivity index (χ4n) is 4.23. The molecule has 1 aromatic carbocycles. The van der Waals surface area contributed by atoms with Crippen LogP contribution in [0.25, 0.3) is 11.3 Å². The van der Waals surface area contributed by atoms with Gasteiger partial charge >= 0.3 is 6.03 Å². The number of rotatable bonds is 4. The molecule has 3 amide bonds. The van der Waals surface area contributed by atoms with Gasteiger partial charge < -0.3 is 16.0 Å². The Hall–Kier alpha value is -2.75. The van der Waals surface area contributed by atoms with Crippen LogP contribution < -0.4 is 11.1 Å². The molecule has 0 bridgehead atoms. The van der Waals surface area contributed by atoms with E-state index in [2.05, 4.69) is 10.4 Å². The maximum absolute atomic E-state index is 13.6. The third-order valence-electron chi connectivity index (χ3n) is 5.99. The molecule has 0 spiro atoms. The van der Waals surface area contributed by atoms with Gasteiger partial charge in [-0.2, -0.15) is 5.10 Å². The number of carbonyl (C=O) groups is 2. The molecule has 11 heteroatoms. The maximum Gasteiger partial charge on any atom is 0.318 e. The molecule has 3 N–H and O–H groups in total. The molecule has 1 unspecified atom stereocenters. The quantitative estimate of drug-likeness (QED) is 0.709. The number of nitrogens with two attached hydrogens (primary N) is 1. The van der Waals surface area contributed by atoms with Crippen molar-refractivity contribution in [3.63, 3.8) is 0 Å². The number of hydrogen-bond acceptors (Lipinski definition) is 3. The lowest BCUT2D eigenvalue weighted by atomic mass is 9.88. The van der Waals surface area contributed by atoms with Crippen LogP contribution >= 0.6 is 11.6 Å². The highest BCUT2D eigenvalue weighted by molar-refractivity contribution is 6.31. The lowest BCUT2D eigenvalue weighted by Crippen LogP contribution is -2.55. The standard InChI is InChI=1S/C21H23ClF3N5O2/c1-10(2)15-8-29(20(32)27-12-6-21(24,25)7-12)9-16-17(19(26)31)18(28-30(15)16)11-3-4-14(23)13(22)5-11/h3-5,10,12,15H,6-9H2,1-2H3,(H2,26,31)(H,27,32). The lowest BCUT2D eigenvalue weighted by Gasteiger charge is -2.39. The summed E-state index contributed by atoms with van der Waals surface area (Å²) < 4.78 is 41.6. The van der Waals surface area contributed by atoms with E-state index < -0.39 is 29.7 Å². The van der Waals surface area contributed by atoms with Gasteiger partial charge in [0.25, 0.3) is 11.8 Å². The number of aromatic nitrogens is 2. The summed E-state index contributed by atoms with van der Waals surface area (Å²) in [5.74, 6) is -4.07. The van der Waals surface area contributed by atoms with Gasteiger partial charge in [0.2, 0.25) is 0 Å². The van der Waals surface area contributed by atoms with Crippen molar-refractivity contribution in [1.82, 2.24) is 20.0 Å². The number of alkyl halides is 2. The van der Waals surface area contributed by atoms with Crippen molar-refractivity contribution in [2.24, 2.45) is 11.7 Å². The zero-order valence-corrected chi connectivity index (χ0v) is 18.3. The van der Waals surface area contributed by atoms with Gasteiger partial charge in [-0.05, 0) is 24.1 Å². The van der Waals surface area contributed by atoms with Gasteiger partial charge in [-0.3, -0.25) is 9.48 Å². The molecule has 2 heterocycles. The Bertz CT molecular complexity index is 1080. The van der Waals surface area contributed by atoms with Crippen molar-refractivity contribution < 1.29 is 22.8 Å². The maximum atomic E-state index is 13.6. The van der Waals surface area contributed by atoms with Gasteiger partial charge in [-0.15, -0.1) is 0 Å². The Morgan fingerprint density at radius 1 is 1.31 bits per heavy atom. The Labute approximate surface area is 187 Å². The van der Waals surface area contributed by atoms with E-state index in [1.54, 1.807) is 4.68 Å². The third-order valence-corrected chi connectivity index (χ3v) is 6.28. The summed E-state index contributed by atoms with van der Waals surface area (Å²) in [6.07, 6.45) is -0.778. The molecule has 1 aromatic heterocycles. The lowest BCUT2D eigenvalue weighted by molar-refractivity contribution is -0.0904. The number of primary amides is 1. The summed E-state index contributed by atoms with van der Waals surface area (Å²) in [6.45, 7) is 4.20. The molecule has 4 rings (SSSR count). The Kier molecular flexibility index (Phi) is 5.60. The summed E-state index contributed by atoms with van der Waals surface area (Å²) >= 11 is 5.91. The highest BCUT2D eigenvalue weighted by Gasteiger charge is 2.46. The van der Waals surface area contributed by atoms with Gasteiger partial charge in [0, 0.05) is 31.0 Å². The van der Waals surface area contributed by atoms with E-state index in [1.165, 1.54) is 23.1 Å². The van der Waals surface area contributed by atoms with E-state index in [4.69, 9.17) is 17.3 Å². The molecule has 0 saturated heterocycles. The normalized spacial score (nSPS) is 20.1. The number of fused-ring (bicyclic) bond motifs is 1. The molecule has 1 aliphatic heterocycles. The largest absolute Gasteiger partial charge is 0.365 e. The average Bonchev–Trinajstić information content (AvgIpc) is 3.07. The van der Waals surface area contributed by atoms with Crippen LogP contribution in [0.3, 0.4) is 0 Å². The Morgan fingerprint density at radius 3 is 2.56 bits per heavy atom. The second-order valence-electron chi connectivity index (χ2n) is 8.71. The Balaban J connectivity index is 1.70. The monoisotopic (exact) mass is 469 g/mol. The topological polar surface area (TPSA) is 93.2 Å². The molecule has 1 fully saturated rings. The molecule has 1 atom stereocenters. The third kappa shape index (κ3) is 4.03. The first kappa shape index (κ1) is 22.4. The molecule has 1 saturated carbocycles. The molecule has 0 radical (unpaired) electrons. The van der Waals surface area contributed by atoms with Crippen LogP contribution in [0.1, 0.15) is 48.8 Å². The minimum absolute atomic E-state index is 0.0262. The summed E-state index contributed by atoms with van der Waals surface area (Å²) in [4.78, 5) is 26.7. The van der Waals surface area contributed by atoms with Crippen LogP contribution in [0.4, 0.5) is 18.0 Å². The van der Waals surface area contributed by atoms with Crippen LogP contribution in [-0.2, 0) is 6.54 Å². The summed E-state index contributed by atoms with van der Waals surface area (Å²) in [5.41, 5.74) is 6.89. The van der Waals surface area contributed by atoms with Crippen LogP contribution in [-0.4, -0.2) is 45.1 Å². The minimum atomic E-state index is -2.75. The Morgan fingerprint density at radius 2 is 2.00 bits per heavy atom. The highest BCUT2D eigenvalue weighted by atomic mass is 35.5. The van der Waals surface area contributed by atoms with Crippen LogP contribution in [0.2, 0.25) is 5.02 Å². The zero-order chi connectivity index (χ0) is 23.4. The fraction of sp³-hybridized carbons (Fsp3) is 0.476. The predicted molar refractivity (Wildman–Crippen MR) is 112 cm³/mol. The molecular formula is C21H23ClF3N5O2. The molecule has 2 aromatic rings. The predicted octanol–water partition coefficient (Wildman–Crippen LogP) is 3.96. The smallest absolute Gasteiger partial charge is 0.318 e. The second kappa shape index (κ2) is 7.99. The summed E-state index contributed by atoms with van der Waals surface area (Å²) in [5, 5.41) is 7.11. The zero-order valence-electron chi connectivity index (χ0n) is 17.5. The van der Waals surface area contributed by atoms with Crippen LogP contribution in [0.5, 0.6) is 0 Å². The van der Waals surface area contributed by atoms with Gasteiger partial charge in [0.05, 0.1) is 28.9 Å². The van der Waals surface area contributed by atoms with Crippen LogP contribution in [0.15, 0.2) is 18.2 Å². The van der Waals surface area contributed by atoms with Gasteiger partial charge in [-0.25, -0.2) is 18.0 Å². The first-order chi connectivity index (χ1) is 15.0. The number of halogens is 4. The number of amides is 3. The van der Waals surface area contributed by atoms with E-state index in [0.717, 1.165) is 0 Å². The number of hydrogen-bond donors (Lipinski definition) is 2. The van der Waals surface area contributed by atoms with Crippen molar-refractivity contribution in [3.05, 3.63) is 40.3 Å². The number of benzene rings is 1. The van der Waals surface area contributed by atoms with Crippen molar-refractivity contribution in [2.75, 3.05) is 6.54 Å². The molecule has 32 heavy (non-hydrogen) atoms. The van der Waals surface area contributed by atoms with E-state index >= 15 is 0 Å². The summed E-state index contributed by atoms with van der Waals surface area (Å²) in [7, 11) is 0. The highest BCUT2D eigenvalue weighted by Crippen LogP contribution is 2.38.